The highest BCUT2D eigenvalue weighted by molar-refractivity contribution is 5.90. The Labute approximate surface area is 178 Å². The summed E-state index contributed by atoms with van der Waals surface area (Å²) in [6, 6.07) is 15.5. The largest absolute Gasteiger partial charge is 0.373 e. The molecule has 2 heterocycles. The number of methoxy groups -OCH3 is 1. The van der Waals surface area contributed by atoms with Crippen molar-refractivity contribution in [3.63, 3.8) is 0 Å². The molecule has 5 rings (SSSR count). The minimum absolute atomic E-state index is 0.326. The summed E-state index contributed by atoms with van der Waals surface area (Å²) in [5.74, 6) is 0.987. The quantitative estimate of drug-likeness (QED) is 0.824. The van der Waals surface area contributed by atoms with Crippen LogP contribution in [0, 0.1) is 11.8 Å². The minimum Gasteiger partial charge on any atom is -0.373 e. The number of aromatic nitrogens is 1. The smallest absolute Gasteiger partial charge is 0.267 e. The van der Waals surface area contributed by atoms with Crippen molar-refractivity contribution in [2.45, 2.75) is 49.7 Å². The fraction of sp³-hybridized carbons (Fsp3) is 0.520. The molecule has 0 spiro atoms. The molecule has 30 heavy (non-hydrogen) atoms. The average molecular weight is 406 g/mol. The summed E-state index contributed by atoms with van der Waals surface area (Å²) in [4.78, 5) is 18.6. The Morgan fingerprint density at radius 1 is 1.10 bits per heavy atom. The Morgan fingerprint density at radius 2 is 1.83 bits per heavy atom. The van der Waals surface area contributed by atoms with Crippen LogP contribution in [0.5, 0.6) is 0 Å². The molecular weight excluding hydrogens is 374 g/mol. The van der Waals surface area contributed by atoms with Gasteiger partial charge in [0.25, 0.3) is 5.91 Å². The van der Waals surface area contributed by atoms with Crippen LogP contribution < -0.4 is 5.73 Å². The number of pyridine rings is 1. The van der Waals surface area contributed by atoms with E-state index in [1.807, 2.05) is 19.2 Å². The van der Waals surface area contributed by atoms with E-state index < -0.39 is 5.91 Å². The number of fused-ring (bicyclic) bond motifs is 2. The van der Waals surface area contributed by atoms with Crippen LogP contribution in [0.25, 0.3) is 0 Å². The predicted octanol–water partition coefficient (Wildman–Crippen LogP) is 3.70. The molecule has 158 valence electrons. The highest BCUT2D eigenvalue weighted by Gasteiger charge is 2.55. The van der Waals surface area contributed by atoms with Gasteiger partial charge in [0.05, 0.1) is 0 Å². The second-order valence-corrected chi connectivity index (χ2v) is 9.23. The molecule has 2 N–H and O–H groups in total. The van der Waals surface area contributed by atoms with Gasteiger partial charge < -0.3 is 10.5 Å². The third-order valence-electron chi connectivity index (χ3n) is 7.96. The number of amides is 1. The van der Waals surface area contributed by atoms with Crippen LogP contribution in [0.15, 0.2) is 48.7 Å². The van der Waals surface area contributed by atoms with Gasteiger partial charge in [-0.25, -0.2) is 0 Å². The molecule has 3 aliphatic rings. The Balaban J connectivity index is 1.44. The molecule has 0 unspecified atom stereocenters. The van der Waals surface area contributed by atoms with Crippen LogP contribution in [-0.4, -0.2) is 42.0 Å². The number of benzene rings is 1. The number of ether oxygens (including phenoxy) is 1. The van der Waals surface area contributed by atoms with Gasteiger partial charge in [-0.1, -0.05) is 36.8 Å². The number of nitrogens with two attached hydrogens (primary N) is 1. The molecule has 5 atom stereocenters. The van der Waals surface area contributed by atoms with Crippen molar-refractivity contribution in [1.29, 1.82) is 0 Å². The maximum Gasteiger partial charge on any atom is 0.267 e. The number of rotatable bonds is 5. The number of hydrogen-bond acceptors (Lipinski definition) is 4. The van der Waals surface area contributed by atoms with E-state index in [1.54, 1.807) is 6.20 Å². The number of hydrogen-bond donors (Lipinski definition) is 1. The lowest BCUT2D eigenvalue weighted by Crippen LogP contribution is -2.62. The van der Waals surface area contributed by atoms with Gasteiger partial charge in [-0.2, -0.15) is 0 Å². The van der Waals surface area contributed by atoms with E-state index in [0.717, 1.165) is 31.5 Å². The van der Waals surface area contributed by atoms with Crippen molar-refractivity contribution in [1.82, 2.24) is 9.88 Å². The molecule has 5 nitrogen and oxygen atoms in total. The Hall–Kier alpha value is -2.24. The topological polar surface area (TPSA) is 68.5 Å². The average Bonchev–Trinajstić information content (AvgIpc) is 2.73. The van der Waals surface area contributed by atoms with Crippen molar-refractivity contribution in [3.05, 3.63) is 65.5 Å². The van der Waals surface area contributed by atoms with Crippen LogP contribution in [0.3, 0.4) is 0 Å². The van der Waals surface area contributed by atoms with E-state index in [9.17, 15) is 4.79 Å². The second kappa shape index (κ2) is 7.78. The Bertz CT molecular complexity index is 902. The van der Waals surface area contributed by atoms with E-state index >= 15 is 0 Å². The monoisotopic (exact) mass is 405 g/mol. The summed E-state index contributed by atoms with van der Waals surface area (Å²) in [5, 5.41) is 0. The predicted molar refractivity (Wildman–Crippen MR) is 116 cm³/mol. The van der Waals surface area contributed by atoms with Crippen molar-refractivity contribution in [2.24, 2.45) is 17.6 Å². The van der Waals surface area contributed by atoms with Crippen LogP contribution in [0.2, 0.25) is 0 Å². The summed E-state index contributed by atoms with van der Waals surface area (Å²) in [6.45, 7) is 2.10. The van der Waals surface area contributed by atoms with Gasteiger partial charge in [0.15, 0.2) is 0 Å². The number of carbonyl (C=O) groups is 1. The lowest BCUT2D eigenvalue weighted by molar-refractivity contribution is -0.179. The number of primary amides is 1. The first-order chi connectivity index (χ1) is 14.6. The van der Waals surface area contributed by atoms with Gasteiger partial charge in [0.1, 0.15) is 11.3 Å². The molecule has 1 aromatic carbocycles. The van der Waals surface area contributed by atoms with Crippen molar-refractivity contribution in [2.75, 3.05) is 20.2 Å². The third kappa shape index (κ3) is 3.07. The summed E-state index contributed by atoms with van der Waals surface area (Å²) in [5.41, 5.74) is 8.03. The fourth-order valence-electron chi connectivity index (χ4n) is 6.48. The lowest BCUT2D eigenvalue weighted by Gasteiger charge is -2.58. The van der Waals surface area contributed by atoms with Crippen molar-refractivity contribution >= 4 is 5.91 Å². The molecule has 1 aromatic heterocycles. The van der Waals surface area contributed by atoms with Gasteiger partial charge in [-0.15, -0.1) is 0 Å². The van der Waals surface area contributed by atoms with Crippen LogP contribution in [-0.2, 0) is 10.3 Å². The third-order valence-corrected chi connectivity index (χ3v) is 7.96. The highest BCUT2D eigenvalue weighted by Crippen LogP contribution is 2.53. The molecule has 3 fully saturated rings. The van der Waals surface area contributed by atoms with E-state index in [1.165, 1.54) is 24.8 Å². The Kier molecular flexibility index (Phi) is 5.11. The first-order valence-corrected chi connectivity index (χ1v) is 11.2. The Morgan fingerprint density at radius 3 is 2.43 bits per heavy atom. The summed E-state index contributed by atoms with van der Waals surface area (Å²) in [7, 11) is 1.83. The van der Waals surface area contributed by atoms with Gasteiger partial charge in [-0.05, 0) is 54.9 Å². The molecule has 1 amide bonds. The number of likely N-dealkylation sites (tertiary alicyclic amines) is 1. The molecule has 2 aromatic rings. The first-order valence-electron chi connectivity index (χ1n) is 11.2. The van der Waals surface area contributed by atoms with Gasteiger partial charge in [0.2, 0.25) is 0 Å². The van der Waals surface area contributed by atoms with E-state index in [4.69, 9.17) is 10.5 Å². The number of nitrogens with zero attached hydrogens (tertiary/aromatic N) is 2. The molecule has 2 saturated carbocycles. The molecule has 2 bridgehead atoms. The summed E-state index contributed by atoms with van der Waals surface area (Å²) < 4.78 is 6.35. The zero-order valence-corrected chi connectivity index (χ0v) is 17.7. The molecule has 1 aliphatic heterocycles. The maximum atomic E-state index is 11.7. The SMILES string of the molecule is CO[C@@]1(c2ccnc(C(N)=O)c2)[C@@H]2CCC[C@H]1CN([C@@H]1CC[C@H]1c1ccccc1)C2. The van der Waals surface area contributed by atoms with Crippen molar-refractivity contribution < 1.29 is 9.53 Å². The minimum atomic E-state index is -0.481. The fourth-order valence-corrected chi connectivity index (χ4v) is 6.48. The van der Waals surface area contributed by atoms with E-state index in [0.29, 0.717) is 29.5 Å². The molecular formula is C25H31N3O2. The standard InChI is InChI=1S/C25H31N3O2/c1-30-25(18-12-13-27-22(14-18)24(26)29)19-8-5-9-20(25)16-28(15-19)23-11-10-21(23)17-6-3-2-4-7-17/h2-4,6-7,12-14,19-21,23H,5,8-11,15-16H2,1H3,(H2,26,29)/t19-,20+,21-,23+,25+/m0/s1. The molecule has 1 saturated heterocycles. The van der Waals surface area contributed by atoms with E-state index in [-0.39, 0.29) is 5.60 Å². The van der Waals surface area contributed by atoms with Crippen molar-refractivity contribution in [3.8, 4) is 0 Å². The van der Waals surface area contributed by atoms with E-state index in [2.05, 4.69) is 40.2 Å². The maximum absolute atomic E-state index is 11.7. The first kappa shape index (κ1) is 19.7. The highest BCUT2D eigenvalue weighted by atomic mass is 16.5. The van der Waals surface area contributed by atoms with Gasteiger partial charge in [-0.3, -0.25) is 14.7 Å². The normalized spacial score (nSPS) is 33.6. The summed E-state index contributed by atoms with van der Waals surface area (Å²) >= 11 is 0. The zero-order chi connectivity index (χ0) is 20.7. The van der Waals surface area contributed by atoms with Crippen LogP contribution in [0.1, 0.15) is 59.6 Å². The van der Waals surface area contributed by atoms with Crippen LogP contribution >= 0.6 is 0 Å². The lowest BCUT2D eigenvalue weighted by atomic mass is 9.61. The van der Waals surface area contributed by atoms with Crippen LogP contribution in [0.4, 0.5) is 0 Å². The zero-order valence-electron chi connectivity index (χ0n) is 17.7. The molecule has 5 heteroatoms. The van der Waals surface area contributed by atoms with Gasteiger partial charge in [0, 0.05) is 44.3 Å². The van der Waals surface area contributed by atoms with Gasteiger partial charge >= 0.3 is 0 Å². The summed E-state index contributed by atoms with van der Waals surface area (Å²) in [6.07, 6.45) is 7.81. The molecule has 0 radical (unpaired) electrons. The number of carbonyl (C=O) groups excluding carboxylic acids is 1. The molecule has 2 aliphatic carbocycles. The second-order valence-electron chi connectivity index (χ2n) is 9.23. The number of piperidine rings is 1.